The summed E-state index contributed by atoms with van der Waals surface area (Å²) in [5.41, 5.74) is 0.444. The van der Waals surface area contributed by atoms with Crippen molar-refractivity contribution in [3.05, 3.63) is 59.7 Å². The van der Waals surface area contributed by atoms with Crippen LogP contribution in [0.1, 0.15) is 20.7 Å². The standard InChI is InChI=1S/C14H11NO4.Na/c16-12-8-10(6-7-11(12)14(18)19)15-13(17)9-4-2-1-3-5-9;/h1-8,16H,(H,15,17)(H,18,19);/q;+1/p-1. The summed E-state index contributed by atoms with van der Waals surface area (Å²) in [5.74, 6) is -2.27. The van der Waals surface area contributed by atoms with E-state index in [9.17, 15) is 19.8 Å². The smallest absolute Gasteiger partial charge is 0.545 e. The van der Waals surface area contributed by atoms with Gasteiger partial charge in [-0.25, -0.2) is 0 Å². The summed E-state index contributed by atoms with van der Waals surface area (Å²) >= 11 is 0. The molecule has 2 N–H and O–H groups in total. The molecule has 96 valence electrons. The summed E-state index contributed by atoms with van der Waals surface area (Å²) in [6.45, 7) is 0. The SMILES string of the molecule is O=C(Nc1ccc(C(=O)[O-])c(O)c1)c1ccccc1.[Na+]. The van der Waals surface area contributed by atoms with Crippen molar-refractivity contribution in [1.82, 2.24) is 0 Å². The summed E-state index contributed by atoms with van der Waals surface area (Å²) in [4.78, 5) is 22.4. The Kier molecular flexibility index (Phi) is 5.76. The Hall–Kier alpha value is -1.82. The maximum atomic E-state index is 11.8. The van der Waals surface area contributed by atoms with Crippen molar-refractivity contribution in [2.24, 2.45) is 0 Å². The maximum Gasteiger partial charge on any atom is 1.00 e. The minimum atomic E-state index is -1.47. The normalized spacial score (nSPS) is 9.40. The number of aromatic carboxylic acids is 1. The van der Waals surface area contributed by atoms with Gasteiger partial charge in [-0.15, -0.1) is 0 Å². The summed E-state index contributed by atoms with van der Waals surface area (Å²) in [5, 5.41) is 22.6. The Morgan fingerprint density at radius 2 is 1.70 bits per heavy atom. The number of amides is 1. The van der Waals surface area contributed by atoms with E-state index in [4.69, 9.17) is 0 Å². The number of nitrogens with one attached hydrogen (secondary N) is 1. The zero-order chi connectivity index (χ0) is 13.8. The molecule has 1 amide bonds. The fourth-order valence-corrected chi connectivity index (χ4v) is 1.57. The first-order valence-electron chi connectivity index (χ1n) is 5.48. The monoisotopic (exact) mass is 279 g/mol. The maximum absolute atomic E-state index is 11.8. The van der Waals surface area contributed by atoms with Gasteiger partial charge in [0.05, 0.1) is 5.97 Å². The van der Waals surface area contributed by atoms with Crippen LogP contribution in [0.25, 0.3) is 0 Å². The topological polar surface area (TPSA) is 89.5 Å². The quantitative estimate of drug-likeness (QED) is 0.637. The summed E-state index contributed by atoms with van der Waals surface area (Å²) in [6.07, 6.45) is 0. The first kappa shape index (κ1) is 16.2. The van der Waals surface area contributed by atoms with Gasteiger partial charge in [-0.3, -0.25) is 4.79 Å². The minimum absolute atomic E-state index is 0. The van der Waals surface area contributed by atoms with E-state index in [2.05, 4.69) is 5.32 Å². The number of carbonyl (C=O) groups excluding carboxylic acids is 2. The fraction of sp³-hybridized carbons (Fsp3) is 0. The van der Waals surface area contributed by atoms with Gasteiger partial charge in [-0.1, -0.05) is 18.2 Å². The number of rotatable bonds is 3. The molecule has 2 aromatic carbocycles. The Morgan fingerprint density at radius 3 is 2.25 bits per heavy atom. The molecule has 2 aromatic rings. The van der Waals surface area contributed by atoms with Crippen molar-refractivity contribution in [3.8, 4) is 5.75 Å². The van der Waals surface area contributed by atoms with Crippen molar-refractivity contribution in [1.29, 1.82) is 0 Å². The molecular weight excluding hydrogens is 269 g/mol. The number of carbonyl (C=O) groups is 2. The molecule has 0 heterocycles. The van der Waals surface area contributed by atoms with Crippen LogP contribution in [-0.4, -0.2) is 17.0 Å². The molecule has 0 aliphatic heterocycles. The van der Waals surface area contributed by atoms with E-state index < -0.39 is 11.7 Å². The van der Waals surface area contributed by atoms with E-state index >= 15 is 0 Å². The molecule has 0 spiro atoms. The molecule has 0 aromatic heterocycles. The van der Waals surface area contributed by atoms with Gasteiger partial charge in [0, 0.05) is 22.9 Å². The number of phenols is 1. The van der Waals surface area contributed by atoms with Crippen molar-refractivity contribution < 1.29 is 49.4 Å². The molecule has 0 aliphatic carbocycles. The van der Waals surface area contributed by atoms with Gasteiger partial charge in [0.25, 0.3) is 5.91 Å². The van der Waals surface area contributed by atoms with Crippen LogP contribution in [0, 0.1) is 0 Å². The molecule has 0 unspecified atom stereocenters. The molecule has 0 radical (unpaired) electrons. The van der Waals surface area contributed by atoms with Crippen molar-refractivity contribution >= 4 is 17.6 Å². The Bertz CT molecular complexity index is 628. The van der Waals surface area contributed by atoms with Crippen LogP contribution < -0.4 is 40.0 Å². The number of hydrogen-bond acceptors (Lipinski definition) is 4. The third kappa shape index (κ3) is 3.84. The third-order valence-corrected chi connectivity index (χ3v) is 2.51. The number of anilines is 1. The first-order chi connectivity index (χ1) is 9.08. The zero-order valence-corrected chi connectivity index (χ0v) is 12.8. The Labute approximate surface area is 137 Å². The van der Waals surface area contributed by atoms with Crippen LogP contribution in [-0.2, 0) is 0 Å². The molecule has 2 rings (SSSR count). The van der Waals surface area contributed by atoms with Gasteiger partial charge in [0.15, 0.2) is 0 Å². The number of carboxylic acids is 1. The Balaban J connectivity index is 0.00000200. The van der Waals surface area contributed by atoms with Gasteiger partial charge in [-0.2, -0.15) is 0 Å². The number of aromatic hydroxyl groups is 1. The molecule has 0 saturated heterocycles. The van der Waals surface area contributed by atoms with Crippen LogP contribution >= 0.6 is 0 Å². The number of hydrogen-bond donors (Lipinski definition) is 2. The average Bonchev–Trinajstić information content (AvgIpc) is 2.39. The van der Waals surface area contributed by atoms with E-state index in [1.807, 2.05) is 0 Å². The second kappa shape index (κ2) is 7.09. The molecule has 20 heavy (non-hydrogen) atoms. The van der Waals surface area contributed by atoms with Crippen molar-refractivity contribution in [2.45, 2.75) is 0 Å². The molecule has 0 atom stereocenters. The summed E-state index contributed by atoms with van der Waals surface area (Å²) < 4.78 is 0. The van der Waals surface area contributed by atoms with Crippen LogP contribution in [0.2, 0.25) is 0 Å². The van der Waals surface area contributed by atoms with E-state index in [-0.39, 0.29) is 41.0 Å². The van der Waals surface area contributed by atoms with Crippen molar-refractivity contribution in [3.63, 3.8) is 0 Å². The number of benzene rings is 2. The van der Waals surface area contributed by atoms with Crippen LogP contribution in [0.3, 0.4) is 0 Å². The molecule has 0 fully saturated rings. The van der Waals surface area contributed by atoms with Gasteiger partial charge >= 0.3 is 29.6 Å². The zero-order valence-electron chi connectivity index (χ0n) is 10.8. The third-order valence-electron chi connectivity index (χ3n) is 2.51. The van der Waals surface area contributed by atoms with E-state index in [0.717, 1.165) is 6.07 Å². The predicted molar refractivity (Wildman–Crippen MR) is 66.8 cm³/mol. The predicted octanol–water partition coefficient (Wildman–Crippen LogP) is -1.99. The van der Waals surface area contributed by atoms with Crippen LogP contribution in [0.4, 0.5) is 5.69 Å². The molecule has 0 saturated carbocycles. The molecule has 0 aliphatic rings. The van der Waals surface area contributed by atoms with Crippen LogP contribution in [0.5, 0.6) is 5.75 Å². The minimum Gasteiger partial charge on any atom is -0.545 e. The van der Waals surface area contributed by atoms with Crippen molar-refractivity contribution in [2.75, 3.05) is 5.32 Å². The van der Waals surface area contributed by atoms with Gasteiger partial charge < -0.3 is 20.3 Å². The van der Waals surface area contributed by atoms with E-state index in [1.165, 1.54) is 12.1 Å². The van der Waals surface area contributed by atoms with Crippen LogP contribution in [0.15, 0.2) is 48.5 Å². The summed E-state index contributed by atoms with van der Waals surface area (Å²) in [7, 11) is 0. The van der Waals surface area contributed by atoms with Gasteiger partial charge in [-0.05, 0) is 24.3 Å². The summed E-state index contributed by atoms with van der Waals surface area (Å²) in [6, 6.07) is 12.2. The second-order valence-corrected chi connectivity index (χ2v) is 3.84. The second-order valence-electron chi connectivity index (χ2n) is 3.84. The Morgan fingerprint density at radius 1 is 1.05 bits per heavy atom. The molecule has 0 bridgehead atoms. The first-order valence-corrected chi connectivity index (χ1v) is 5.48. The molecular formula is C14H10NNaO4. The van der Waals surface area contributed by atoms with E-state index in [0.29, 0.717) is 11.3 Å². The van der Waals surface area contributed by atoms with E-state index in [1.54, 1.807) is 30.3 Å². The largest absolute Gasteiger partial charge is 1.00 e. The van der Waals surface area contributed by atoms with Gasteiger partial charge in [0.1, 0.15) is 5.75 Å². The average molecular weight is 279 g/mol. The molecule has 5 nitrogen and oxygen atoms in total. The van der Waals surface area contributed by atoms with Gasteiger partial charge in [0.2, 0.25) is 0 Å². The number of carboxylic acid groups (broad SMARTS) is 1. The molecule has 6 heteroatoms. The fourth-order valence-electron chi connectivity index (χ4n) is 1.57.